The number of aliphatic hydroxyl groups excluding tert-OH is 1. The number of methoxy groups -OCH3 is 1. The van der Waals surface area contributed by atoms with Crippen molar-refractivity contribution >= 4 is 0 Å². The summed E-state index contributed by atoms with van der Waals surface area (Å²) in [4.78, 5) is 4.37. The van der Waals surface area contributed by atoms with E-state index in [-0.39, 0.29) is 6.23 Å². The molecule has 84 valence electrons. The average Bonchev–Trinajstić information content (AvgIpc) is 2.63. The number of rotatable bonds is 4. The van der Waals surface area contributed by atoms with Crippen molar-refractivity contribution in [3.05, 3.63) is 17.7 Å². The molecule has 0 saturated heterocycles. The molecular weight excluding hydrogens is 192 g/mol. The first-order valence-corrected chi connectivity index (χ1v) is 5.55. The zero-order valence-corrected chi connectivity index (χ0v) is 9.15. The predicted octanol–water partition coefficient (Wildman–Crippen LogP) is 1.29. The molecule has 0 aliphatic carbocycles. The van der Waals surface area contributed by atoms with E-state index >= 15 is 0 Å². The molecule has 1 aromatic heterocycles. The highest BCUT2D eigenvalue weighted by Gasteiger charge is 2.20. The molecule has 15 heavy (non-hydrogen) atoms. The van der Waals surface area contributed by atoms with Gasteiger partial charge in [-0.1, -0.05) is 0 Å². The maximum absolute atomic E-state index is 9.88. The molecule has 0 saturated carbocycles. The molecule has 1 unspecified atom stereocenters. The van der Waals surface area contributed by atoms with Crippen LogP contribution >= 0.6 is 0 Å². The quantitative estimate of drug-likeness (QED) is 0.762. The minimum atomic E-state index is -0.367. The summed E-state index contributed by atoms with van der Waals surface area (Å²) in [6.07, 6.45) is 6.31. The molecule has 0 spiro atoms. The molecule has 0 fully saturated rings. The maximum Gasteiger partial charge on any atom is 0.132 e. The molecule has 1 atom stereocenters. The van der Waals surface area contributed by atoms with Crippen LogP contribution in [0, 0.1) is 0 Å². The summed E-state index contributed by atoms with van der Waals surface area (Å²) in [5.41, 5.74) is 1.17. The van der Waals surface area contributed by atoms with Gasteiger partial charge in [-0.15, -0.1) is 0 Å². The Morgan fingerprint density at radius 3 is 3.33 bits per heavy atom. The van der Waals surface area contributed by atoms with Crippen LogP contribution in [-0.2, 0) is 17.6 Å². The monoisotopic (exact) mass is 210 g/mol. The maximum atomic E-state index is 9.88. The fourth-order valence-corrected chi connectivity index (χ4v) is 2.14. The van der Waals surface area contributed by atoms with E-state index in [1.807, 2.05) is 10.8 Å². The Morgan fingerprint density at radius 1 is 1.67 bits per heavy atom. The van der Waals surface area contributed by atoms with Crippen molar-refractivity contribution in [2.45, 2.75) is 38.3 Å². The van der Waals surface area contributed by atoms with Gasteiger partial charge in [-0.25, -0.2) is 4.98 Å². The normalized spacial score (nSPS) is 20.3. The first kappa shape index (κ1) is 10.6. The van der Waals surface area contributed by atoms with E-state index in [2.05, 4.69) is 4.98 Å². The van der Waals surface area contributed by atoms with Gasteiger partial charge < -0.3 is 14.4 Å². The van der Waals surface area contributed by atoms with Crippen molar-refractivity contribution in [3.63, 3.8) is 0 Å². The second kappa shape index (κ2) is 4.77. The lowest BCUT2D eigenvalue weighted by Crippen LogP contribution is -2.19. The van der Waals surface area contributed by atoms with Gasteiger partial charge in [0.05, 0.1) is 0 Å². The summed E-state index contributed by atoms with van der Waals surface area (Å²) in [5, 5.41) is 9.88. The Hall–Kier alpha value is -0.870. The van der Waals surface area contributed by atoms with Crippen molar-refractivity contribution in [1.29, 1.82) is 0 Å². The van der Waals surface area contributed by atoms with Gasteiger partial charge >= 0.3 is 0 Å². The van der Waals surface area contributed by atoms with E-state index < -0.39 is 0 Å². The van der Waals surface area contributed by atoms with Crippen molar-refractivity contribution < 1.29 is 9.84 Å². The fraction of sp³-hybridized carbons (Fsp3) is 0.727. The predicted molar refractivity (Wildman–Crippen MR) is 56.6 cm³/mol. The van der Waals surface area contributed by atoms with Gasteiger partial charge in [-0.05, 0) is 25.7 Å². The Morgan fingerprint density at radius 2 is 2.53 bits per heavy atom. The standard InChI is InChI=1S/C11H18N2O2/c1-15-7-3-5-10-12-8-9-4-2-6-11(14)13(9)10/h8,11,14H,2-7H2,1H3. The number of fused-ring (bicyclic) bond motifs is 1. The average molecular weight is 210 g/mol. The topological polar surface area (TPSA) is 47.3 Å². The summed E-state index contributed by atoms with van der Waals surface area (Å²) in [7, 11) is 1.70. The highest BCUT2D eigenvalue weighted by Crippen LogP contribution is 2.24. The molecule has 1 aromatic rings. The number of imidazole rings is 1. The van der Waals surface area contributed by atoms with Crippen molar-refractivity contribution in [3.8, 4) is 0 Å². The van der Waals surface area contributed by atoms with E-state index in [0.29, 0.717) is 0 Å². The number of aryl methyl sites for hydroxylation is 2. The van der Waals surface area contributed by atoms with Crippen LogP contribution in [0.2, 0.25) is 0 Å². The molecule has 2 heterocycles. The van der Waals surface area contributed by atoms with E-state index in [1.165, 1.54) is 5.69 Å². The van der Waals surface area contributed by atoms with E-state index in [4.69, 9.17) is 4.74 Å². The SMILES string of the molecule is COCCCc1ncc2n1C(O)CCC2. The minimum absolute atomic E-state index is 0.367. The Labute approximate surface area is 89.9 Å². The number of hydrogen-bond donors (Lipinski definition) is 1. The van der Waals surface area contributed by atoms with Gasteiger partial charge in [0.2, 0.25) is 0 Å². The van der Waals surface area contributed by atoms with Gasteiger partial charge in [0.1, 0.15) is 12.1 Å². The van der Waals surface area contributed by atoms with Crippen molar-refractivity contribution in [1.82, 2.24) is 9.55 Å². The highest BCUT2D eigenvalue weighted by molar-refractivity contribution is 5.09. The highest BCUT2D eigenvalue weighted by atomic mass is 16.5. The first-order chi connectivity index (χ1) is 7.33. The number of nitrogens with zero attached hydrogens (tertiary/aromatic N) is 2. The van der Waals surface area contributed by atoms with Gasteiger partial charge in [-0.2, -0.15) is 0 Å². The lowest BCUT2D eigenvalue weighted by Gasteiger charge is -2.22. The smallest absolute Gasteiger partial charge is 0.132 e. The first-order valence-electron chi connectivity index (χ1n) is 5.55. The van der Waals surface area contributed by atoms with Gasteiger partial charge in [0.15, 0.2) is 0 Å². The second-order valence-corrected chi connectivity index (χ2v) is 4.00. The molecule has 1 N–H and O–H groups in total. The molecule has 0 aromatic carbocycles. The zero-order chi connectivity index (χ0) is 10.7. The molecule has 4 nitrogen and oxygen atoms in total. The molecule has 0 bridgehead atoms. The van der Waals surface area contributed by atoms with E-state index in [1.54, 1.807) is 7.11 Å². The number of ether oxygens (including phenoxy) is 1. The molecule has 4 heteroatoms. The Kier molecular flexibility index (Phi) is 3.38. The Bertz CT molecular complexity index is 322. The molecule has 0 radical (unpaired) electrons. The third-order valence-electron chi connectivity index (χ3n) is 2.89. The zero-order valence-electron chi connectivity index (χ0n) is 9.15. The van der Waals surface area contributed by atoms with Crippen LogP contribution in [-0.4, -0.2) is 28.4 Å². The van der Waals surface area contributed by atoms with E-state index in [0.717, 1.165) is 44.5 Å². The van der Waals surface area contributed by atoms with Gasteiger partial charge in [0, 0.05) is 32.0 Å². The minimum Gasteiger partial charge on any atom is -0.385 e. The summed E-state index contributed by atoms with van der Waals surface area (Å²) < 4.78 is 7.00. The third kappa shape index (κ3) is 2.21. The van der Waals surface area contributed by atoms with Crippen LogP contribution in [0.15, 0.2) is 6.20 Å². The third-order valence-corrected chi connectivity index (χ3v) is 2.89. The fourth-order valence-electron chi connectivity index (χ4n) is 2.14. The molecular formula is C11H18N2O2. The van der Waals surface area contributed by atoms with Crippen LogP contribution in [0.1, 0.15) is 37.0 Å². The van der Waals surface area contributed by atoms with Crippen LogP contribution in [0.4, 0.5) is 0 Å². The molecule has 2 rings (SSSR count). The van der Waals surface area contributed by atoms with E-state index in [9.17, 15) is 5.11 Å². The van der Waals surface area contributed by atoms with Gasteiger partial charge in [0.25, 0.3) is 0 Å². The number of hydrogen-bond acceptors (Lipinski definition) is 3. The second-order valence-electron chi connectivity index (χ2n) is 4.00. The summed E-state index contributed by atoms with van der Waals surface area (Å²) in [6, 6.07) is 0. The summed E-state index contributed by atoms with van der Waals surface area (Å²) in [5.74, 6) is 0.995. The van der Waals surface area contributed by atoms with Crippen LogP contribution in [0.3, 0.4) is 0 Å². The van der Waals surface area contributed by atoms with Crippen molar-refractivity contribution in [2.75, 3.05) is 13.7 Å². The molecule has 1 aliphatic heterocycles. The number of aliphatic hydroxyl groups is 1. The molecule has 0 amide bonds. The summed E-state index contributed by atoms with van der Waals surface area (Å²) in [6.45, 7) is 0.748. The van der Waals surface area contributed by atoms with Gasteiger partial charge in [-0.3, -0.25) is 0 Å². The lowest BCUT2D eigenvalue weighted by atomic mass is 10.1. The van der Waals surface area contributed by atoms with Crippen molar-refractivity contribution in [2.24, 2.45) is 0 Å². The summed E-state index contributed by atoms with van der Waals surface area (Å²) >= 11 is 0. The lowest BCUT2D eigenvalue weighted by molar-refractivity contribution is 0.0753. The Balaban J connectivity index is 2.08. The molecule has 1 aliphatic rings. The van der Waals surface area contributed by atoms with Crippen LogP contribution < -0.4 is 0 Å². The van der Waals surface area contributed by atoms with Crippen LogP contribution in [0.5, 0.6) is 0 Å². The van der Waals surface area contributed by atoms with Crippen LogP contribution in [0.25, 0.3) is 0 Å². The number of aromatic nitrogens is 2. The largest absolute Gasteiger partial charge is 0.385 e.